The number of aliphatic hydroxyl groups is 1. The van der Waals surface area contributed by atoms with Gasteiger partial charge in [0.05, 0.1) is 23.0 Å². The minimum absolute atomic E-state index is 0.0342. The van der Waals surface area contributed by atoms with E-state index >= 15 is 0 Å². The molecule has 0 aliphatic carbocycles. The second kappa shape index (κ2) is 5.02. The second-order valence-electron chi connectivity index (χ2n) is 6.34. The van der Waals surface area contributed by atoms with Crippen LogP contribution in [0.15, 0.2) is 12.3 Å². The number of hydrogen-bond acceptors (Lipinski definition) is 5. The average Bonchev–Trinajstić information content (AvgIpc) is 2.50. The quantitative estimate of drug-likeness (QED) is 0.808. The van der Waals surface area contributed by atoms with Crippen LogP contribution < -0.4 is 5.46 Å². The molecular weight excluding hydrogens is 257 g/mol. The zero-order valence-corrected chi connectivity index (χ0v) is 12.7. The van der Waals surface area contributed by atoms with Gasteiger partial charge in [-0.3, -0.25) is 4.98 Å². The highest BCUT2D eigenvalue weighted by Gasteiger charge is 2.52. The minimum atomic E-state index is -0.629. The van der Waals surface area contributed by atoms with Crippen LogP contribution in [0.2, 0.25) is 0 Å². The molecule has 110 valence electrons. The van der Waals surface area contributed by atoms with Crippen molar-refractivity contribution in [2.24, 2.45) is 0 Å². The molecule has 1 atom stereocenters. The molecule has 1 aliphatic heterocycles. The Balaban J connectivity index is 2.31. The molecule has 0 saturated carbocycles. The molecular formula is C14H22BNO4. The zero-order chi connectivity index (χ0) is 15.1. The van der Waals surface area contributed by atoms with E-state index in [1.807, 2.05) is 27.7 Å². The summed E-state index contributed by atoms with van der Waals surface area (Å²) in [4.78, 5) is 4.10. The molecule has 2 heterocycles. The van der Waals surface area contributed by atoms with Crippen molar-refractivity contribution in [3.05, 3.63) is 18.0 Å². The first kappa shape index (κ1) is 15.3. The molecule has 0 bridgehead atoms. The molecule has 0 aromatic carbocycles. The van der Waals surface area contributed by atoms with Crippen molar-refractivity contribution in [3.63, 3.8) is 0 Å². The lowest BCUT2D eigenvalue weighted by atomic mass is 9.78. The third kappa shape index (κ3) is 2.68. The molecule has 1 aliphatic rings. The first-order valence-corrected chi connectivity index (χ1v) is 6.84. The molecule has 5 nitrogen and oxygen atoms in total. The highest BCUT2D eigenvalue weighted by molar-refractivity contribution is 6.63. The first-order chi connectivity index (χ1) is 9.14. The Hall–Kier alpha value is -1.11. The Morgan fingerprint density at radius 3 is 2.30 bits per heavy atom. The molecule has 6 heteroatoms. The molecule has 2 rings (SSSR count). The van der Waals surface area contributed by atoms with E-state index < -0.39 is 24.4 Å². The topological polar surface area (TPSA) is 71.8 Å². The van der Waals surface area contributed by atoms with Gasteiger partial charge in [0.25, 0.3) is 0 Å². The van der Waals surface area contributed by atoms with Gasteiger partial charge in [0.15, 0.2) is 0 Å². The van der Waals surface area contributed by atoms with Crippen molar-refractivity contribution in [2.75, 3.05) is 0 Å². The molecule has 1 fully saturated rings. The fraction of sp³-hybridized carbons (Fsp3) is 0.643. The van der Waals surface area contributed by atoms with Crippen molar-refractivity contribution in [2.45, 2.75) is 58.3 Å². The van der Waals surface area contributed by atoms with E-state index in [1.54, 1.807) is 19.2 Å². The van der Waals surface area contributed by atoms with E-state index in [4.69, 9.17) is 9.31 Å². The maximum Gasteiger partial charge on any atom is 0.498 e. The fourth-order valence-corrected chi connectivity index (χ4v) is 2.10. The summed E-state index contributed by atoms with van der Waals surface area (Å²) in [5.41, 5.74) is 0.0804. The van der Waals surface area contributed by atoms with Gasteiger partial charge in [-0.2, -0.15) is 0 Å². The lowest BCUT2D eigenvalue weighted by Gasteiger charge is -2.32. The average molecular weight is 279 g/mol. The Bertz CT molecular complexity index is 486. The highest BCUT2D eigenvalue weighted by atomic mass is 16.7. The molecule has 1 unspecified atom stereocenters. The summed E-state index contributed by atoms with van der Waals surface area (Å²) in [6, 6.07) is 1.68. The molecule has 1 saturated heterocycles. The molecule has 0 spiro atoms. The Kier molecular flexibility index (Phi) is 3.84. The van der Waals surface area contributed by atoms with E-state index in [1.165, 1.54) is 0 Å². The standard InChI is InChI=1S/C14H22BNO4/c1-9(17)8-11-12(18)10(6-7-16-11)15-19-13(2,3)14(4,5)20-15/h6-7,9,17-18H,8H2,1-5H3. The molecule has 20 heavy (non-hydrogen) atoms. The summed E-state index contributed by atoms with van der Waals surface area (Å²) in [7, 11) is -0.629. The number of pyridine rings is 1. The number of rotatable bonds is 3. The SMILES string of the molecule is CC(O)Cc1nccc(B2OC(C)(C)C(C)(C)O2)c1O. The van der Waals surface area contributed by atoms with Gasteiger partial charge < -0.3 is 19.5 Å². The molecule has 2 N–H and O–H groups in total. The van der Waals surface area contributed by atoms with Crippen LogP contribution in [0.25, 0.3) is 0 Å². The van der Waals surface area contributed by atoms with Gasteiger partial charge in [-0.1, -0.05) is 0 Å². The summed E-state index contributed by atoms with van der Waals surface area (Å²) >= 11 is 0. The van der Waals surface area contributed by atoms with Gasteiger partial charge in [-0.15, -0.1) is 0 Å². The summed E-state index contributed by atoms with van der Waals surface area (Å²) < 4.78 is 11.8. The van der Waals surface area contributed by atoms with Gasteiger partial charge in [0.1, 0.15) is 5.75 Å². The molecule has 1 aromatic heterocycles. The van der Waals surface area contributed by atoms with Crippen LogP contribution in [-0.4, -0.2) is 39.6 Å². The predicted molar refractivity (Wildman–Crippen MR) is 77.0 cm³/mol. The van der Waals surface area contributed by atoms with Crippen LogP contribution >= 0.6 is 0 Å². The van der Waals surface area contributed by atoms with E-state index in [0.29, 0.717) is 17.6 Å². The number of nitrogens with zero attached hydrogens (tertiary/aromatic N) is 1. The summed E-state index contributed by atoms with van der Waals surface area (Å²) in [6.45, 7) is 9.50. The number of hydrogen-bond donors (Lipinski definition) is 2. The molecule has 0 amide bonds. The zero-order valence-electron chi connectivity index (χ0n) is 12.7. The van der Waals surface area contributed by atoms with Gasteiger partial charge in [-0.05, 0) is 40.7 Å². The van der Waals surface area contributed by atoms with Gasteiger partial charge in [-0.25, -0.2) is 0 Å². The van der Waals surface area contributed by atoms with Crippen LogP contribution in [0.4, 0.5) is 0 Å². The van der Waals surface area contributed by atoms with Crippen LogP contribution in [0.1, 0.15) is 40.3 Å². The van der Waals surface area contributed by atoms with E-state index in [9.17, 15) is 10.2 Å². The Morgan fingerprint density at radius 2 is 1.80 bits per heavy atom. The van der Waals surface area contributed by atoms with Crippen molar-refractivity contribution in [3.8, 4) is 5.75 Å². The molecule has 1 aromatic rings. The number of aromatic nitrogens is 1. The van der Waals surface area contributed by atoms with Crippen LogP contribution in [-0.2, 0) is 15.7 Å². The molecule has 0 radical (unpaired) electrons. The van der Waals surface area contributed by atoms with Crippen LogP contribution in [0.5, 0.6) is 5.75 Å². The first-order valence-electron chi connectivity index (χ1n) is 6.84. The maximum absolute atomic E-state index is 10.3. The summed E-state index contributed by atoms with van der Waals surface area (Å²) in [5, 5.41) is 19.7. The third-order valence-electron chi connectivity index (χ3n) is 4.03. The van der Waals surface area contributed by atoms with Gasteiger partial charge >= 0.3 is 7.12 Å². The van der Waals surface area contributed by atoms with Crippen molar-refractivity contribution in [1.29, 1.82) is 0 Å². The fourth-order valence-electron chi connectivity index (χ4n) is 2.10. The Labute approximate surface area is 120 Å². The van der Waals surface area contributed by atoms with Crippen molar-refractivity contribution >= 4 is 12.6 Å². The van der Waals surface area contributed by atoms with E-state index in [0.717, 1.165) is 0 Å². The third-order valence-corrected chi connectivity index (χ3v) is 4.03. The van der Waals surface area contributed by atoms with Gasteiger partial charge in [0, 0.05) is 18.1 Å². The van der Waals surface area contributed by atoms with Gasteiger partial charge in [0.2, 0.25) is 0 Å². The lowest BCUT2D eigenvalue weighted by molar-refractivity contribution is 0.00578. The van der Waals surface area contributed by atoms with Crippen LogP contribution in [0.3, 0.4) is 0 Å². The highest BCUT2D eigenvalue weighted by Crippen LogP contribution is 2.37. The second-order valence-corrected chi connectivity index (χ2v) is 6.34. The minimum Gasteiger partial charge on any atom is -0.506 e. The number of aliphatic hydroxyl groups excluding tert-OH is 1. The van der Waals surface area contributed by atoms with Crippen molar-refractivity contribution in [1.82, 2.24) is 4.98 Å². The predicted octanol–water partition coefficient (Wildman–Crippen LogP) is 1.01. The lowest BCUT2D eigenvalue weighted by Crippen LogP contribution is -2.41. The normalized spacial score (nSPS) is 22.0. The Morgan fingerprint density at radius 1 is 1.25 bits per heavy atom. The maximum atomic E-state index is 10.3. The smallest absolute Gasteiger partial charge is 0.498 e. The summed E-state index contributed by atoms with van der Waals surface area (Å²) in [5.74, 6) is 0.0342. The van der Waals surface area contributed by atoms with Crippen molar-refractivity contribution < 1.29 is 19.5 Å². The van der Waals surface area contributed by atoms with E-state index in [2.05, 4.69) is 4.98 Å². The largest absolute Gasteiger partial charge is 0.506 e. The summed E-state index contributed by atoms with van der Waals surface area (Å²) in [6.07, 6.45) is 1.32. The van der Waals surface area contributed by atoms with E-state index in [-0.39, 0.29) is 5.75 Å². The monoisotopic (exact) mass is 279 g/mol. The number of aromatic hydroxyl groups is 1. The van der Waals surface area contributed by atoms with Crippen LogP contribution in [0, 0.1) is 0 Å².